The standard InChI is InChI=1S/C31H35Cl2N3O4/c1-20(2)18-34-29(38)27(16-21-8-4-3-5-9-21)36(19-22-12-13-23(32)17-26(22)33)28(37)14-15-35-30(39)24-10-6-7-11-25(24)31(35)40/h3-9,12-13,17,20,24-25,27H,10-11,14-16,18-19H2,1-2H3,(H,34,38)/t24-,25+,27?. The molecule has 0 radical (unpaired) electrons. The van der Waals surface area contributed by atoms with Crippen molar-refractivity contribution in [2.75, 3.05) is 13.1 Å². The second kappa shape index (κ2) is 13.5. The van der Waals surface area contributed by atoms with E-state index in [4.69, 9.17) is 23.2 Å². The molecule has 1 aliphatic carbocycles. The van der Waals surface area contributed by atoms with Gasteiger partial charge in [-0.05, 0) is 42.0 Å². The average molecular weight is 585 g/mol. The predicted octanol–water partition coefficient (Wildman–Crippen LogP) is 5.05. The molecule has 4 amide bonds. The summed E-state index contributed by atoms with van der Waals surface area (Å²) < 4.78 is 0. The van der Waals surface area contributed by atoms with Gasteiger partial charge in [-0.3, -0.25) is 24.1 Å². The van der Waals surface area contributed by atoms with Crippen LogP contribution < -0.4 is 5.32 Å². The van der Waals surface area contributed by atoms with Crippen LogP contribution in [0.2, 0.25) is 10.0 Å². The SMILES string of the molecule is CC(C)CNC(=O)C(Cc1ccccc1)N(Cc1ccc(Cl)cc1Cl)C(=O)CCN1C(=O)[C@H]2CC=CC[C@H]2C1=O. The lowest BCUT2D eigenvalue weighted by atomic mass is 9.85. The molecule has 0 saturated carbocycles. The van der Waals surface area contributed by atoms with Crippen molar-refractivity contribution in [2.24, 2.45) is 17.8 Å². The molecule has 2 aromatic rings. The second-order valence-corrected chi connectivity index (χ2v) is 11.7. The fourth-order valence-electron chi connectivity index (χ4n) is 5.25. The largest absolute Gasteiger partial charge is 0.354 e. The summed E-state index contributed by atoms with van der Waals surface area (Å²) >= 11 is 12.6. The Hall–Kier alpha value is -3.16. The molecule has 0 spiro atoms. The molecule has 2 aliphatic rings. The minimum atomic E-state index is -0.836. The first-order valence-electron chi connectivity index (χ1n) is 13.7. The van der Waals surface area contributed by atoms with Gasteiger partial charge in [-0.15, -0.1) is 0 Å². The van der Waals surface area contributed by atoms with E-state index in [0.717, 1.165) is 5.56 Å². The van der Waals surface area contributed by atoms with E-state index in [2.05, 4.69) is 5.32 Å². The summed E-state index contributed by atoms with van der Waals surface area (Å²) in [5.41, 5.74) is 1.54. The normalized spacial score (nSPS) is 19.1. The molecule has 3 atom stereocenters. The highest BCUT2D eigenvalue weighted by molar-refractivity contribution is 6.35. The first kappa shape index (κ1) is 29.8. The number of fused-ring (bicyclic) bond motifs is 1. The maximum Gasteiger partial charge on any atom is 0.243 e. The number of likely N-dealkylation sites (tertiary alicyclic amines) is 1. The van der Waals surface area contributed by atoms with E-state index in [-0.39, 0.29) is 60.9 Å². The van der Waals surface area contributed by atoms with Gasteiger partial charge < -0.3 is 10.2 Å². The van der Waals surface area contributed by atoms with Crippen molar-refractivity contribution < 1.29 is 19.2 Å². The van der Waals surface area contributed by atoms with E-state index in [0.29, 0.717) is 41.4 Å². The maximum atomic E-state index is 13.9. The van der Waals surface area contributed by atoms with Gasteiger partial charge in [-0.25, -0.2) is 0 Å². The van der Waals surface area contributed by atoms with Crippen molar-refractivity contribution in [1.82, 2.24) is 15.1 Å². The lowest BCUT2D eigenvalue weighted by molar-refractivity contribution is -0.144. The molecular weight excluding hydrogens is 549 g/mol. The zero-order chi connectivity index (χ0) is 28.8. The van der Waals surface area contributed by atoms with Crippen LogP contribution in [0, 0.1) is 17.8 Å². The van der Waals surface area contributed by atoms with Gasteiger partial charge in [-0.1, -0.05) is 85.6 Å². The molecular formula is C31H35Cl2N3O4. The topological polar surface area (TPSA) is 86.8 Å². The zero-order valence-electron chi connectivity index (χ0n) is 22.8. The highest BCUT2D eigenvalue weighted by Crippen LogP contribution is 2.35. The van der Waals surface area contributed by atoms with Crippen LogP contribution in [-0.2, 0) is 32.1 Å². The summed E-state index contributed by atoms with van der Waals surface area (Å²) in [6, 6.07) is 13.7. The zero-order valence-corrected chi connectivity index (χ0v) is 24.3. The van der Waals surface area contributed by atoms with Gasteiger partial charge in [0.1, 0.15) is 6.04 Å². The Bertz CT molecular complexity index is 1250. The van der Waals surface area contributed by atoms with Crippen LogP contribution in [0.25, 0.3) is 0 Å². The van der Waals surface area contributed by atoms with E-state index in [1.54, 1.807) is 18.2 Å². The quantitative estimate of drug-likeness (QED) is 0.296. The molecule has 0 aromatic heterocycles. The summed E-state index contributed by atoms with van der Waals surface area (Å²) in [6.45, 7) is 4.50. The maximum absolute atomic E-state index is 13.9. The van der Waals surface area contributed by atoms with Crippen molar-refractivity contribution in [3.63, 3.8) is 0 Å². The van der Waals surface area contributed by atoms with E-state index < -0.39 is 6.04 Å². The Kier molecular flexibility index (Phi) is 10.0. The van der Waals surface area contributed by atoms with Crippen molar-refractivity contribution in [3.8, 4) is 0 Å². The summed E-state index contributed by atoms with van der Waals surface area (Å²) in [5.74, 6) is -1.57. The number of amides is 4. The van der Waals surface area contributed by atoms with Gasteiger partial charge >= 0.3 is 0 Å². The van der Waals surface area contributed by atoms with Crippen LogP contribution in [0.4, 0.5) is 0 Å². The molecule has 4 rings (SSSR count). The van der Waals surface area contributed by atoms with E-state index in [1.807, 2.05) is 56.3 Å². The predicted molar refractivity (Wildman–Crippen MR) is 155 cm³/mol. The molecule has 40 heavy (non-hydrogen) atoms. The smallest absolute Gasteiger partial charge is 0.243 e. The minimum Gasteiger partial charge on any atom is -0.354 e. The van der Waals surface area contributed by atoms with Crippen LogP contribution in [0.3, 0.4) is 0 Å². The number of benzene rings is 2. The van der Waals surface area contributed by atoms with Crippen molar-refractivity contribution in [3.05, 3.63) is 81.9 Å². The fraction of sp³-hybridized carbons (Fsp3) is 0.419. The lowest BCUT2D eigenvalue weighted by Crippen LogP contribution is -2.51. The molecule has 1 unspecified atom stereocenters. The molecule has 9 heteroatoms. The van der Waals surface area contributed by atoms with Crippen LogP contribution >= 0.6 is 23.2 Å². The number of rotatable bonds is 11. The number of imide groups is 1. The van der Waals surface area contributed by atoms with Gasteiger partial charge in [0.15, 0.2) is 0 Å². The fourth-order valence-corrected chi connectivity index (χ4v) is 5.72. The first-order chi connectivity index (χ1) is 19.2. The minimum absolute atomic E-state index is 0.0278. The third kappa shape index (κ3) is 7.12. The van der Waals surface area contributed by atoms with Gasteiger partial charge in [0, 0.05) is 42.5 Å². The van der Waals surface area contributed by atoms with Crippen molar-refractivity contribution in [2.45, 2.75) is 52.1 Å². The second-order valence-electron chi connectivity index (χ2n) is 10.8. The van der Waals surface area contributed by atoms with Gasteiger partial charge in [0.2, 0.25) is 23.6 Å². The number of nitrogens with zero attached hydrogens (tertiary/aromatic N) is 2. The lowest BCUT2D eigenvalue weighted by Gasteiger charge is -2.32. The number of hydrogen-bond acceptors (Lipinski definition) is 4. The Labute approximate surface area is 245 Å². The summed E-state index contributed by atoms with van der Waals surface area (Å²) in [7, 11) is 0. The van der Waals surface area contributed by atoms with Crippen LogP contribution in [0.1, 0.15) is 44.2 Å². The van der Waals surface area contributed by atoms with Gasteiger partial charge in [-0.2, -0.15) is 0 Å². The van der Waals surface area contributed by atoms with Crippen molar-refractivity contribution >= 4 is 46.8 Å². The molecule has 7 nitrogen and oxygen atoms in total. The molecule has 0 bridgehead atoms. The number of carbonyl (C=O) groups excluding carboxylic acids is 4. The molecule has 212 valence electrons. The highest BCUT2D eigenvalue weighted by Gasteiger charge is 2.47. The van der Waals surface area contributed by atoms with E-state index >= 15 is 0 Å². The number of halogens is 2. The Morgan fingerprint density at radius 2 is 1.65 bits per heavy atom. The third-order valence-corrected chi connectivity index (χ3v) is 8.05. The molecule has 1 aliphatic heterocycles. The summed E-state index contributed by atoms with van der Waals surface area (Å²) in [4.78, 5) is 56.2. The van der Waals surface area contributed by atoms with Crippen LogP contribution in [0.15, 0.2) is 60.7 Å². The monoisotopic (exact) mass is 583 g/mol. The average Bonchev–Trinajstić information content (AvgIpc) is 3.18. The molecule has 1 N–H and O–H groups in total. The van der Waals surface area contributed by atoms with E-state index in [1.165, 1.54) is 9.80 Å². The van der Waals surface area contributed by atoms with Crippen molar-refractivity contribution in [1.29, 1.82) is 0 Å². The molecule has 1 saturated heterocycles. The summed E-state index contributed by atoms with van der Waals surface area (Å²) in [5, 5.41) is 3.82. The van der Waals surface area contributed by atoms with E-state index in [9.17, 15) is 19.2 Å². The Morgan fingerprint density at radius 1 is 1.00 bits per heavy atom. The third-order valence-electron chi connectivity index (χ3n) is 7.46. The number of hydrogen-bond donors (Lipinski definition) is 1. The number of carbonyl (C=O) groups is 4. The Balaban J connectivity index is 1.60. The van der Waals surface area contributed by atoms with Gasteiger partial charge in [0.25, 0.3) is 0 Å². The molecule has 1 heterocycles. The molecule has 2 aromatic carbocycles. The van der Waals surface area contributed by atoms with Crippen LogP contribution in [0.5, 0.6) is 0 Å². The summed E-state index contributed by atoms with van der Waals surface area (Å²) in [6.07, 6.45) is 5.13. The number of nitrogens with one attached hydrogen (secondary N) is 1. The molecule has 1 fully saturated rings. The van der Waals surface area contributed by atoms with Crippen LogP contribution in [-0.4, -0.2) is 52.6 Å². The number of allylic oxidation sites excluding steroid dienone is 2. The highest BCUT2D eigenvalue weighted by atomic mass is 35.5. The first-order valence-corrected chi connectivity index (χ1v) is 14.5. The van der Waals surface area contributed by atoms with Gasteiger partial charge in [0.05, 0.1) is 11.8 Å². The Morgan fingerprint density at radius 3 is 2.25 bits per heavy atom.